The van der Waals surface area contributed by atoms with Crippen LogP contribution in [0.5, 0.6) is 5.75 Å². The van der Waals surface area contributed by atoms with Gasteiger partial charge >= 0.3 is 0 Å². The number of nitrogens with one attached hydrogen (secondary N) is 1. The lowest BCUT2D eigenvalue weighted by atomic mass is 10.2. The van der Waals surface area contributed by atoms with Crippen LogP contribution < -0.4 is 15.6 Å². The molecular weight excluding hydrogens is 290 g/mol. The van der Waals surface area contributed by atoms with Crippen LogP contribution in [0.4, 0.5) is 11.4 Å². The highest BCUT2D eigenvalue weighted by atomic mass is 16.6. The molecule has 0 bridgehead atoms. The number of nitro groups is 1. The van der Waals surface area contributed by atoms with Gasteiger partial charge in [-0.25, -0.2) is 0 Å². The van der Waals surface area contributed by atoms with Gasteiger partial charge in [0.05, 0.1) is 22.8 Å². The minimum atomic E-state index is -1.33. The second kappa shape index (κ2) is 6.35. The van der Waals surface area contributed by atoms with Gasteiger partial charge in [0.2, 0.25) is 0 Å². The number of nitrogens with zero attached hydrogens (tertiary/aromatic N) is 2. The minimum absolute atomic E-state index is 0.0277. The van der Waals surface area contributed by atoms with E-state index in [0.29, 0.717) is 5.69 Å². The van der Waals surface area contributed by atoms with Crippen molar-refractivity contribution >= 4 is 23.6 Å². The Morgan fingerprint density at radius 2 is 2.00 bits per heavy atom. The standard InChI is InChI=1S/C14H11N3O5/c18-13-5-4-12(17(21)22)7-10(13)8-15-16-11-3-1-2-9(6-11)14(19)20/h1-8,16,18H,(H,19,20)/p-2/b15-8-. The maximum Gasteiger partial charge on any atom is 0.270 e. The zero-order valence-electron chi connectivity index (χ0n) is 11.1. The van der Waals surface area contributed by atoms with Gasteiger partial charge in [0.15, 0.2) is 0 Å². The fraction of sp³-hybridized carbons (Fsp3) is 0. The zero-order valence-corrected chi connectivity index (χ0v) is 11.1. The first-order valence-electron chi connectivity index (χ1n) is 6.03. The number of carbonyl (C=O) groups excluding carboxylic acids is 1. The lowest BCUT2D eigenvalue weighted by Gasteiger charge is -2.09. The first-order chi connectivity index (χ1) is 10.5. The molecule has 2 rings (SSSR count). The molecular formula is C14H9N3O5-2. The van der Waals surface area contributed by atoms with E-state index in [1.165, 1.54) is 18.2 Å². The molecule has 0 aliphatic rings. The van der Waals surface area contributed by atoms with E-state index in [0.717, 1.165) is 24.4 Å². The fourth-order valence-corrected chi connectivity index (χ4v) is 1.64. The predicted octanol–water partition coefficient (Wildman–Crippen LogP) is 0.478. The van der Waals surface area contributed by atoms with Crippen molar-refractivity contribution in [2.75, 3.05) is 5.43 Å². The van der Waals surface area contributed by atoms with E-state index < -0.39 is 16.6 Å². The Bertz CT molecular complexity index is 758. The Balaban J connectivity index is 2.16. The lowest BCUT2D eigenvalue weighted by molar-refractivity contribution is -0.385. The van der Waals surface area contributed by atoms with Crippen molar-refractivity contribution in [3.8, 4) is 5.75 Å². The second-order valence-corrected chi connectivity index (χ2v) is 4.22. The molecule has 0 aliphatic carbocycles. The molecule has 0 fully saturated rings. The van der Waals surface area contributed by atoms with Gasteiger partial charge in [0.1, 0.15) is 0 Å². The number of nitro benzene ring substituents is 1. The largest absolute Gasteiger partial charge is 0.872 e. The van der Waals surface area contributed by atoms with Gasteiger partial charge in [-0.15, -0.1) is 0 Å². The number of non-ortho nitro benzene ring substituents is 1. The Labute approximate surface area is 124 Å². The molecule has 8 nitrogen and oxygen atoms in total. The first-order valence-corrected chi connectivity index (χ1v) is 6.03. The van der Waals surface area contributed by atoms with Crippen molar-refractivity contribution < 1.29 is 19.9 Å². The monoisotopic (exact) mass is 299 g/mol. The molecule has 0 radical (unpaired) electrons. The van der Waals surface area contributed by atoms with Gasteiger partial charge in [-0.1, -0.05) is 23.9 Å². The van der Waals surface area contributed by atoms with E-state index in [4.69, 9.17) is 0 Å². The van der Waals surface area contributed by atoms with Gasteiger partial charge in [-0.2, -0.15) is 5.10 Å². The van der Waals surface area contributed by atoms with Crippen molar-refractivity contribution in [2.24, 2.45) is 5.10 Å². The van der Waals surface area contributed by atoms with Crippen LogP contribution in [0, 0.1) is 10.1 Å². The number of hydrogen-bond donors (Lipinski definition) is 1. The summed E-state index contributed by atoms with van der Waals surface area (Å²) in [5, 5.41) is 36.7. The van der Waals surface area contributed by atoms with E-state index in [2.05, 4.69) is 10.5 Å². The van der Waals surface area contributed by atoms with Gasteiger partial charge in [-0.3, -0.25) is 15.5 Å². The van der Waals surface area contributed by atoms with Crippen LogP contribution in [0.3, 0.4) is 0 Å². The second-order valence-electron chi connectivity index (χ2n) is 4.22. The summed E-state index contributed by atoms with van der Waals surface area (Å²) in [6, 6.07) is 9.02. The molecule has 0 saturated heterocycles. The Morgan fingerprint density at radius 3 is 2.68 bits per heavy atom. The van der Waals surface area contributed by atoms with Crippen LogP contribution in [-0.2, 0) is 0 Å². The molecule has 0 unspecified atom stereocenters. The average Bonchev–Trinajstić information content (AvgIpc) is 2.49. The zero-order chi connectivity index (χ0) is 16.1. The number of benzene rings is 2. The molecule has 0 heterocycles. The molecule has 1 N–H and O–H groups in total. The minimum Gasteiger partial charge on any atom is -0.872 e. The van der Waals surface area contributed by atoms with Crippen LogP contribution in [-0.4, -0.2) is 17.1 Å². The number of carbonyl (C=O) groups is 1. The number of hydrogen-bond acceptors (Lipinski definition) is 7. The summed E-state index contributed by atoms with van der Waals surface area (Å²) in [6.07, 6.45) is 1.13. The molecule has 0 spiro atoms. The molecule has 22 heavy (non-hydrogen) atoms. The summed E-state index contributed by atoms with van der Waals surface area (Å²) in [7, 11) is 0. The molecule has 8 heteroatoms. The molecule has 2 aromatic carbocycles. The predicted molar refractivity (Wildman–Crippen MR) is 74.5 cm³/mol. The normalized spacial score (nSPS) is 10.5. The highest BCUT2D eigenvalue weighted by Crippen LogP contribution is 2.19. The molecule has 0 saturated carbocycles. The first kappa shape index (κ1) is 15.0. The third-order valence-corrected chi connectivity index (χ3v) is 2.70. The summed E-state index contributed by atoms with van der Waals surface area (Å²) in [5.74, 6) is -1.74. The van der Waals surface area contributed by atoms with Gasteiger partial charge < -0.3 is 15.0 Å². The molecule has 0 aromatic heterocycles. The lowest BCUT2D eigenvalue weighted by Crippen LogP contribution is -2.22. The summed E-state index contributed by atoms with van der Waals surface area (Å²) in [6.45, 7) is 0. The highest BCUT2D eigenvalue weighted by Gasteiger charge is 2.05. The summed E-state index contributed by atoms with van der Waals surface area (Å²) in [5.41, 5.74) is 2.69. The summed E-state index contributed by atoms with van der Waals surface area (Å²) in [4.78, 5) is 20.7. The van der Waals surface area contributed by atoms with Crippen LogP contribution in [0.15, 0.2) is 47.6 Å². The quantitative estimate of drug-likeness (QED) is 0.485. The molecule has 0 aliphatic heterocycles. The maximum atomic E-state index is 11.6. The number of rotatable bonds is 5. The third kappa shape index (κ3) is 3.57. The highest BCUT2D eigenvalue weighted by molar-refractivity contribution is 5.87. The molecule has 0 amide bonds. The molecule has 0 atom stereocenters. The topological polar surface area (TPSA) is 131 Å². The summed E-state index contributed by atoms with van der Waals surface area (Å²) >= 11 is 0. The number of carboxylic acid groups (broad SMARTS) is 1. The van der Waals surface area contributed by atoms with Crippen molar-refractivity contribution in [1.29, 1.82) is 0 Å². The van der Waals surface area contributed by atoms with E-state index >= 15 is 0 Å². The maximum absolute atomic E-state index is 11.6. The van der Waals surface area contributed by atoms with E-state index in [1.807, 2.05) is 0 Å². The van der Waals surface area contributed by atoms with Crippen LogP contribution in [0.1, 0.15) is 15.9 Å². The van der Waals surface area contributed by atoms with Gasteiger partial charge in [0, 0.05) is 12.1 Å². The van der Waals surface area contributed by atoms with Crippen molar-refractivity contribution in [2.45, 2.75) is 0 Å². The Kier molecular flexibility index (Phi) is 4.33. The number of aromatic carboxylic acids is 1. The van der Waals surface area contributed by atoms with Crippen molar-refractivity contribution in [3.63, 3.8) is 0 Å². The number of hydrazone groups is 1. The van der Waals surface area contributed by atoms with E-state index in [1.54, 1.807) is 6.07 Å². The van der Waals surface area contributed by atoms with Gasteiger partial charge in [0.25, 0.3) is 5.69 Å². The smallest absolute Gasteiger partial charge is 0.270 e. The fourth-order valence-electron chi connectivity index (χ4n) is 1.64. The van der Waals surface area contributed by atoms with E-state index in [9.17, 15) is 25.1 Å². The Morgan fingerprint density at radius 1 is 1.23 bits per heavy atom. The van der Waals surface area contributed by atoms with Crippen LogP contribution in [0.25, 0.3) is 0 Å². The van der Waals surface area contributed by atoms with Gasteiger partial charge in [-0.05, 0) is 23.3 Å². The number of anilines is 1. The number of carboxylic acids is 1. The van der Waals surface area contributed by atoms with Crippen LogP contribution >= 0.6 is 0 Å². The van der Waals surface area contributed by atoms with E-state index in [-0.39, 0.29) is 16.8 Å². The van der Waals surface area contributed by atoms with Crippen LogP contribution in [0.2, 0.25) is 0 Å². The molecule has 112 valence electrons. The molecule has 2 aromatic rings. The van der Waals surface area contributed by atoms with Crippen molar-refractivity contribution in [3.05, 3.63) is 63.7 Å². The SMILES string of the molecule is O=C([O-])c1cccc(N/N=C\c2cc([N+](=O)[O-])ccc2[O-])c1. The third-order valence-electron chi connectivity index (χ3n) is 2.70. The Hall–Kier alpha value is -3.42. The van der Waals surface area contributed by atoms with Crippen molar-refractivity contribution in [1.82, 2.24) is 0 Å². The average molecular weight is 299 g/mol. The summed E-state index contributed by atoms with van der Waals surface area (Å²) < 4.78 is 0.